The predicted molar refractivity (Wildman–Crippen MR) is 194 cm³/mol. The summed E-state index contributed by atoms with van der Waals surface area (Å²) in [7, 11) is 0. The van der Waals surface area contributed by atoms with Crippen LogP contribution in [-0.2, 0) is 0 Å². The first-order valence-corrected chi connectivity index (χ1v) is 13.9. The van der Waals surface area contributed by atoms with Crippen LogP contribution in [0.2, 0.25) is 0 Å². The van der Waals surface area contributed by atoms with E-state index in [0.717, 1.165) is 0 Å². The second-order valence-corrected chi connectivity index (χ2v) is 10.1. The molecule has 0 bridgehead atoms. The van der Waals surface area contributed by atoms with Crippen LogP contribution in [0.3, 0.4) is 0 Å². The number of para-hydroxylation sites is 1. The lowest BCUT2D eigenvalue weighted by molar-refractivity contribution is 0.668. The fraction of sp³-hybridized carbons (Fsp3) is 0. The number of benzene rings is 7. The Labute approximate surface area is 309 Å². The minimum absolute atomic E-state index is 0.329. The highest BCUT2D eigenvalue weighted by Crippen LogP contribution is 2.40. The molecule has 0 radical (unpaired) electrons. The van der Waals surface area contributed by atoms with Gasteiger partial charge in [-0.15, -0.1) is 0 Å². The summed E-state index contributed by atoms with van der Waals surface area (Å²) in [6.45, 7) is 0. The Bertz CT molecular complexity index is 4230. The third-order valence-corrected chi connectivity index (χ3v) is 7.33. The number of nitrogens with zero attached hydrogens (tertiary/aromatic N) is 3. The molecule has 10 aromatic rings. The summed E-state index contributed by atoms with van der Waals surface area (Å²) in [6.07, 6.45) is 0. The topological polar surface area (TPSA) is 65.0 Å². The molecule has 0 aliphatic rings. The van der Waals surface area contributed by atoms with E-state index < -0.39 is 235 Å². The van der Waals surface area contributed by atoms with Crippen molar-refractivity contribution in [1.29, 1.82) is 0 Å². The maximum atomic E-state index is 9.43. The van der Waals surface area contributed by atoms with Crippen molar-refractivity contribution in [3.05, 3.63) is 151 Å². The zero-order chi connectivity index (χ0) is 53.4. The summed E-state index contributed by atoms with van der Waals surface area (Å²) in [5.41, 5.74) is -5.67. The molecule has 0 atom stereocenters. The van der Waals surface area contributed by atoms with Crippen LogP contribution >= 0.6 is 0 Å². The van der Waals surface area contributed by atoms with Crippen LogP contribution < -0.4 is 0 Å². The Kier molecular flexibility index (Phi) is 2.59. The predicted octanol–water partition coefficient (Wildman–Crippen LogP) is 11.5. The Morgan fingerprint density at radius 1 is 0.375 bits per heavy atom. The van der Waals surface area contributed by atoms with Crippen LogP contribution in [0, 0.1) is 0 Å². The van der Waals surface area contributed by atoms with Crippen LogP contribution in [0.1, 0.15) is 34.3 Å². The van der Waals surface area contributed by atoms with Gasteiger partial charge in [0.1, 0.15) is 22.3 Å². The van der Waals surface area contributed by atoms with Crippen molar-refractivity contribution >= 4 is 54.6 Å². The summed E-state index contributed by atoms with van der Waals surface area (Å²) in [6, 6.07) is -20.5. The standard InChI is InChI=1S/C43H25N3O2/c1-2-10-28(11-3-1)41-44-42(46-43(45-41)30-21-23-34-33-13-6-7-15-35(33)47-38(34)25-30)29-19-17-27(18-20-29)32-14-8-16-36-39(32)40-31-12-5-4-9-26(31)22-24-37(40)48-36/h1-25H/i1D,2D,3D,4D,5D,6D,7D,8D,9D,10D,11D,12D,13D,14D,15D,16D,17D,18D,19D,20D,21D,22D,23D,24D,25D. The van der Waals surface area contributed by atoms with Gasteiger partial charge in [0, 0.05) is 38.2 Å². The molecule has 3 aromatic heterocycles. The molecule has 0 fully saturated rings. The molecule has 48 heavy (non-hydrogen) atoms. The lowest BCUT2D eigenvalue weighted by Crippen LogP contribution is -2.00. The number of rotatable bonds is 4. The zero-order valence-electron chi connectivity index (χ0n) is 48.7. The van der Waals surface area contributed by atoms with E-state index >= 15 is 0 Å². The molecule has 7 aromatic carbocycles. The zero-order valence-corrected chi connectivity index (χ0v) is 23.7. The highest BCUT2D eigenvalue weighted by Gasteiger charge is 2.17. The number of hydrogen-bond acceptors (Lipinski definition) is 5. The third-order valence-electron chi connectivity index (χ3n) is 7.33. The first-order valence-electron chi connectivity index (χ1n) is 26.4. The van der Waals surface area contributed by atoms with E-state index in [9.17, 15) is 6.85 Å². The molecule has 0 aliphatic carbocycles. The molecule has 0 aliphatic heterocycles. The van der Waals surface area contributed by atoms with Crippen LogP contribution in [0.4, 0.5) is 0 Å². The van der Waals surface area contributed by atoms with E-state index in [2.05, 4.69) is 15.0 Å². The molecule has 0 spiro atoms. The van der Waals surface area contributed by atoms with Gasteiger partial charge in [0.05, 0.1) is 34.3 Å². The van der Waals surface area contributed by atoms with Crippen molar-refractivity contribution < 1.29 is 43.1 Å². The lowest BCUT2D eigenvalue weighted by Gasteiger charge is -2.10. The van der Waals surface area contributed by atoms with Gasteiger partial charge < -0.3 is 8.83 Å². The van der Waals surface area contributed by atoms with E-state index in [-0.39, 0.29) is 16.2 Å². The molecule has 0 N–H and O–H groups in total. The molecular weight excluding hydrogens is 590 g/mol. The first kappa shape index (κ1) is 11.9. The Morgan fingerprint density at radius 2 is 0.958 bits per heavy atom. The van der Waals surface area contributed by atoms with Crippen molar-refractivity contribution in [1.82, 2.24) is 15.0 Å². The van der Waals surface area contributed by atoms with Crippen molar-refractivity contribution in [2.45, 2.75) is 0 Å². The number of fused-ring (bicyclic) bond motifs is 8. The van der Waals surface area contributed by atoms with Gasteiger partial charge in [-0.2, -0.15) is 0 Å². The van der Waals surface area contributed by atoms with Gasteiger partial charge in [-0.25, -0.2) is 15.0 Å². The molecule has 5 heteroatoms. The third kappa shape index (κ3) is 4.22. The number of furan rings is 2. The van der Waals surface area contributed by atoms with Crippen molar-refractivity contribution in [3.63, 3.8) is 0 Å². The van der Waals surface area contributed by atoms with Gasteiger partial charge in [0.15, 0.2) is 17.5 Å². The average molecular weight is 641 g/mol. The van der Waals surface area contributed by atoms with Crippen molar-refractivity contribution in [2.24, 2.45) is 0 Å². The second kappa shape index (κ2) is 10.5. The summed E-state index contributed by atoms with van der Waals surface area (Å²) in [4.78, 5) is 12.9. The van der Waals surface area contributed by atoms with Crippen LogP contribution in [0.5, 0.6) is 0 Å². The molecule has 3 heterocycles. The quantitative estimate of drug-likeness (QED) is 0.191. The Morgan fingerprint density at radius 3 is 1.79 bits per heavy atom. The van der Waals surface area contributed by atoms with Gasteiger partial charge in [-0.1, -0.05) is 121 Å². The van der Waals surface area contributed by atoms with E-state index in [0.29, 0.717) is 0 Å². The molecule has 10 rings (SSSR count). The summed E-state index contributed by atoms with van der Waals surface area (Å²) >= 11 is 0. The largest absolute Gasteiger partial charge is 0.456 e. The second-order valence-electron chi connectivity index (χ2n) is 10.1. The maximum absolute atomic E-state index is 9.43. The Hall–Kier alpha value is -6.59. The fourth-order valence-electron chi connectivity index (χ4n) is 5.23. The van der Waals surface area contributed by atoms with Crippen LogP contribution in [0.25, 0.3) is 99.9 Å². The Balaban J connectivity index is 1.33. The highest BCUT2D eigenvalue weighted by molar-refractivity contribution is 6.22. The fourth-order valence-corrected chi connectivity index (χ4v) is 5.23. The molecule has 0 amide bonds. The molecule has 0 saturated heterocycles. The summed E-state index contributed by atoms with van der Waals surface area (Å²) in [5.74, 6) is -2.44. The number of hydrogen-bond donors (Lipinski definition) is 0. The monoisotopic (exact) mass is 640 g/mol. The minimum atomic E-state index is -1.02. The highest BCUT2D eigenvalue weighted by atomic mass is 16.3. The molecule has 0 unspecified atom stereocenters. The summed E-state index contributed by atoms with van der Waals surface area (Å²) < 4.78 is 231. The van der Waals surface area contributed by atoms with Crippen molar-refractivity contribution in [3.8, 4) is 45.3 Å². The van der Waals surface area contributed by atoms with E-state index in [1.54, 1.807) is 0 Å². The average Bonchev–Trinajstić information content (AvgIpc) is 3.96. The molecule has 5 nitrogen and oxygen atoms in total. The first-order chi connectivity index (χ1) is 34.2. The minimum Gasteiger partial charge on any atom is -0.456 e. The van der Waals surface area contributed by atoms with Gasteiger partial charge >= 0.3 is 0 Å². The van der Waals surface area contributed by atoms with Gasteiger partial charge in [-0.05, 0) is 52.1 Å². The van der Waals surface area contributed by atoms with Gasteiger partial charge in [-0.3, -0.25) is 0 Å². The molecular formula is C43H25N3O2. The lowest BCUT2D eigenvalue weighted by atomic mass is 9.96. The van der Waals surface area contributed by atoms with Gasteiger partial charge in [0.25, 0.3) is 0 Å². The van der Waals surface area contributed by atoms with Crippen LogP contribution in [-0.4, -0.2) is 15.0 Å². The molecule has 0 saturated carbocycles. The SMILES string of the molecule is [2H]c1c([2H])c([2H])c(-c2nc(-c3c([2H])c([2H])c(-c4c([2H])c([2H])c([2H])c5oc6c([2H])c([2H])c7c([2H])c([2H])c([2H])c([2H])c7c6c45)c([2H])c3[2H])nc(-c3c([2H])c([2H])c4c(oc5c([2H])c([2H])c([2H])c([2H])c54)c3[2H])n2)c([2H])c1[2H]. The van der Waals surface area contributed by atoms with Gasteiger partial charge in [0.2, 0.25) is 0 Å². The van der Waals surface area contributed by atoms with E-state index in [4.69, 9.17) is 36.2 Å². The van der Waals surface area contributed by atoms with E-state index in [1.165, 1.54) is 0 Å². The van der Waals surface area contributed by atoms with Crippen molar-refractivity contribution in [2.75, 3.05) is 0 Å². The number of aromatic nitrogens is 3. The summed E-state index contributed by atoms with van der Waals surface area (Å²) in [5, 5.41) is -2.38. The van der Waals surface area contributed by atoms with Crippen LogP contribution in [0.15, 0.2) is 160 Å². The normalized spacial score (nSPS) is 19.0. The smallest absolute Gasteiger partial charge is 0.164 e. The maximum Gasteiger partial charge on any atom is 0.164 e. The molecule has 224 valence electrons. The van der Waals surface area contributed by atoms with E-state index in [1.807, 2.05) is 0 Å².